The van der Waals surface area contributed by atoms with Crippen molar-refractivity contribution in [2.45, 2.75) is 18.2 Å². The largest absolute Gasteiger partial charge is 0.337 e. The number of aryl methyl sites for hydroxylation is 1. The molecular formula is C28H27N5O2S. The van der Waals surface area contributed by atoms with Gasteiger partial charge in [-0.2, -0.15) is 0 Å². The summed E-state index contributed by atoms with van der Waals surface area (Å²) in [5, 5.41) is 1.10. The van der Waals surface area contributed by atoms with Crippen molar-refractivity contribution in [1.29, 1.82) is 0 Å². The van der Waals surface area contributed by atoms with Crippen molar-refractivity contribution in [3.05, 3.63) is 95.9 Å². The van der Waals surface area contributed by atoms with Gasteiger partial charge in [-0.1, -0.05) is 24.3 Å². The molecule has 1 aliphatic heterocycles. The third-order valence-corrected chi connectivity index (χ3v) is 7.17. The maximum Gasteiger partial charge on any atom is 0.272 e. The Morgan fingerprint density at radius 3 is 2.39 bits per heavy atom. The molecule has 8 heteroatoms. The average molecular weight is 498 g/mol. The van der Waals surface area contributed by atoms with Gasteiger partial charge >= 0.3 is 0 Å². The van der Waals surface area contributed by atoms with E-state index in [2.05, 4.69) is 26.8 Å². The molecule has 1 aliphatic rings. The first-order valence-electron chi connectivity index (χ1n) is 12.0. The Balaban J connectivity index is 1.23. The monoisotopic (exact) mass is 497 g/mol. The number of amides is 2. The Bertz CT molecular complexity index is 1390. The summed E-state index contributed by atoms with van der Waals surface area (Å²) in [6.07, 6.45) is 4.16. The number of nitrogens with zero attached hydrogens (tertiary/aromatic N) is 4. The molecule has 36 heavy (non-hydrogen) atoms. The second-order valence-electron chi connectivity index (χ2n) is 8.72. The first-order valence-corrected chi connectivity index (χ1v) is 12.8. The van der Waals surface area contributed by atoms with E-state index in [1.807, 2.05) is 54.3 Å². The number of rotatable bonds is 5. The normalized spacial score (nSPS) is 13.9. The molecule has 5 rings (SSSR count). The van der Waals surface area contributed by atoms with E-state index < -0.39 is 0 Å². The maximum atomic E-state index is 13.3. The zero-order valence-electron chi connectivity index (χ0n) is 20.1. The van der Waals surface area contributed by atoms with Gasteiger partial charge in [0.2, 0.25) is 0 Å². The summed E-state index contributed by atoms with van der Waals surface area (Å²) in [5.74, 6) is -0.0993. The summed E-state index contributed by atoms with van der Waals surface area (Å²) in [6, 6.07) is 21.2. The van der Waals surface area contributed by atoms with Gasteiger partial charge < -0.3 is 14.5 Å². The minimum absolute atomic E-state index is 0.0114. The summed E-state index contributed by atoms with van der Waals surface area (Å²) in [5.41, 5.74) is 3.99. The fourth-order valence-corrected chi connectivity index (χ4v) is 5.20. The standard InChI is InChI=1S/C28H27N5O2S/c1-20-19-22(11-12-23(20)31-36-25-10-4-7-21-8-5-14-30-26(21)25)27(34)32-15-6-16-33(18-17-32)28(35)24-9-2-3-13-29-24/h2-5,7-14,19,31H,6,15-18H2,1H3. The zero-order valence-corrected chi connectivity index (χ0v) is 20.9. The van der Waals surface area contributed by atoms with Crippen molar-refractivity contribution in [1.82, 2.24) is 19.8 Å². The Hall–Kier alpha value is -3.91. The van der Waals surface area contributed by atoms with Gasteiger partial charge in [0.1, 0.15) is 5.69 Å². The molecule has 2 amide bonds. The number of para-hydroxylation sites is 1. The molecule has 1 saturated heterocycles. The number of pyridine rings is 2. The number of benzene rings is 2. The Labute approximate surface area is 214 Å². The molecule has 4 aromatic rings. The molecule has 2 aromatic carbocycles. The lowest BCUT2D eigenvalue weighted by atomic mass is 10.1. The number of hydrogen-bond donors (Lipinski definition) is 1. The highest BCUT2D eigenvalue weighted by molar-refractivity contribution is 8.00. The Morgan fingerprint density at radius 1 is 0.833 bits per heavy atom. The number of hydrogen-bond acceptors (Lipinski definition) is 6. The quantitative estimate of drug-likeness (QED) is 0.389. The number of nitrogens with one attached hydrogen (secondary N) is 1. The molecule has 182 valence electrons. The van der Waals surface area contributed by atoms with Crippen LogP contribution in [0.5, 0.6) is 0 Å². The first-order chi connectivity index (χ1) is 17.6. The minimum atomic E-state index is -0.0879. The Morgan fingerprint density at radius 2 is 1.61 bits per heavy atom. The molecule has 0 aliphatic carbocycles. The second-order valence-corrected chi connectivity index (χ2v) is 9.57. The van der Waals surface area contributed by atoms with E-state index >= 15 is 0 Å². The van der Waals surface area contributed by atoms with Gasteiger partial charge in [-0.05, 0) is 73.3 Å². The van der Waals surface area contributed by atoms with Crippen molar-refractivity contribution in [3.63, 3.8) is 0 Å². The van der Waals surface area contributed by atoms with Crippen LogP contribution in [0, 0.1) is 6.92 Å². The van der Waals surface area contributed by atoms with Gasteiger partial charge in [0.15, 0.2) is 0 Å². The summed E-state index contributed by atoms with van der Waals surface area (Å²) in [4.78, 5) is 39.4. The van der Waals surface area contributed by atoms with Crippen LogP contribution >= 0.6 is 11.9 Å². The first kappa shape index (κ1) is 23.8. The van der Waals surface area contributed by atoms with Gasteiger partial charge in [0.25, 0.3) is 11.8 Å². The van der Waals surface area contributed by atoms with Gasteiger partial charge in [0.05, 0.1) is 10.4 Å². The van der Waals surface area contributed by atoms with Gasteiger partial charge in [0, 0.05) is 55.2 Å². The molecular weight excluding hydrogens is 470 g/mol. The number of carbonyl (C=O) groups excluding carboxylic acids is 2. The van der Waals surface area contributed by atoms with Crippen LogP contribution in [0.4, 0.5) is 5.69 Å². The summed E-state index contributed by atoms with van der Waals surface area (Å²) in [7, 11) is 0. The molecule has 0 spiro atoms. The lowest BCUT2D eigenvalue weighted by Crippen LogP contribution is -2.37. The van der Waals surface area contributed by atoms with E-state index in [0.717, 1.165) is 33.5 Å². The van der Waals surface area contributed by atoms with Crippen LogP contribution in [0.1, 0.15) is 32.8 Å². The molecule has 0 unspecified atom stereocenters. The summed E-state index contributed by atoms with van der Waals surface area (Å²) in [6.45, 7) is 4.22. The van der Waals surface area contributed by atoms with E-state index in [1.54, 1.807) is 29.4 Å². The van der Waals surface area contributed by atoms with Crippen molar-refractivity contribution in [2.75, 3.05) is 30.9 Å². The maximum absolute atomic E-state index is 13.3. The molecule has 7 nitrogen and oxygen atoms in total. The highest BCUT2D eigenvalue weighted by Crippen LogP contribution is 2.29. The van der Waals surface area contributed by atoms with E-state index in [1.165, 1.54) is 11.9 Å². The van der Waals surface area contributed by atoms with Crippen LogP contribution in [0.15, 0.2) is 84.0 Å². The molecule has 1 N–H and O–H groups in total. The minimum Gasteiger partial charge on any atom is -0.337 e. The lowest BCUT2D eigenvalue weighted by Gasteiger charge is -2.22. The van der Waals surface area contributed by atoms with Crippen molar-refractivity contribution in [2.24, 2.45) is 0 Å². The van der Waals surface area contributed by atoms with Crippen LogP contribution in [-0.4, -0.2) is 57.8 Å². The fraction of sp³-hybridized carbons (Fsp3) is 0.214. The van der Waals surface area contributed by atoms with Crippen LogP contribution < -0.4 is 4.72 Å². The van der Waals surface area contributed by atoms with Crippen LogP contribution in [-0.2, 0) is 0 Å². The molecule has 0 radical (unpaired) electrons. The third kappa shape index (κ3) is 5.18. The zero-order chi connectivity index (χ0) is 24.9. The fourth-order valence-electron chi connectivity index (χ4n) is 4.34. The van der Waals surface area contributed by atoms with Crippen molar-refractivity contribution < 1.29 is 9.59 Å². The molecule has 1 fully saturated rings. The highest BCUT2D eigenvalue weighted by Gasteiger charge is 2.24. The topological polar surface area (TPSA) is 78.4 Å². The second kappa shape index (κ2) is 10.8. The number of aromatic nitrogens is 2. The van der Waals surface area contributed by atoms with Gasteiger partial charge in [-0.3, -0.25) is 19.6 Å². The predicted molar refractivity (Wildman–Crippen MR) is 143 cm³/mol. The SMILES string of the molecule is Cc1cc(C(=O)N2CCCN(C(=O)c3ccccn3)CC2)ccc1NSc1cccc2cccnc12. The van der Waals surface area contributed by atoms with Crippen LogP contribution in [0.3, 0.4) is 0 Å². The molecule has 3 heterocycles. The van der Waals surface area contributed by atoms with Crippen LogP contribution in [0.25, 0.3) is 10.9 Å². The number of carbonyl (C=O) groups is 2. The van der Waals surface area contributed by atoms with Gasteiger partial charge in [-0.15, -0.1) is 0 Å². The van der Waals surface area contributed by atoms with E-state index in [-0.39, 0.29) is 11.8 Å². The number of fused-ring (bicyclic) bond motifs is 1. The van der Waals surface area contributed by atoms with E-state index in [9.17, 15) is 9.59 Å². The van der Waals surface area contributed by atoms with E-state index in [4.69, 9.17) is 0 Å². The average Bonchev–Trinajstić information content (AvgIpc) is 3.18. The van der Waals surface area contributed by atoms with Crippen molar-refractivity contribution >= 4 is 40.4 Å². The lowest BCUT2D eigenvalue weighted by molar-refractivity contribution is 0.0715. The van der Waals surface area contributed by atoms with Crippen LogP contribution in [0.2, 0.25) is 0 Å². The smallest absolute Gasteiger partial charge is 0.272 e. The highest BCUT2D eigenvalue weighted by atomic mass is 32.2. The Kier molecular flexibility index (Phi) is 7.13. The summed E-state index contributed by atoms with van der Waals surface area (Å²) >= 11 is 1.51. The molecule has 0 atom stereocenters. The molecule has 0 bridgehead atoms. The van der Waals surface area contributed by atoms with Crippen molar-refractivity contribution in [3.8, 4) is 0 Å². The molecule has 0 saturated carbocycles. The van der Waals surface area contributed by atoms with Gasteiger partial charge in [-0.25, -0.2) is 0 Å². The van der Waals surface area contributed by atoms with E-state index in [0.29, 0.717) is 37.4 Å². The third-order valence-electron chi connectivity index (χ3n) is 6.29. The predicted octanol–water partition coefficient (Wildman–Crippen LogP) is 5.05. The summed E-state index contributed by atoms with van der Waals surface area (Å²) < 4.78 is 3.41. The molecule has 2 aromatic heterocycles. The number of anilines is 1.